The Bertz CT molecular complexity index is 540. The van der Waals surface area contributed by atoms with Crippen LogP contribution in [0.3, 0.4) is 0 Å². The van der Waals surface area contributed by atoms with Crippen LogP contribution in [0.4, 0.5) is 0 Å². The molecule has 0 N–H and O–H groups in total. The second-order valence-electron chi connectivity index (χ2n) is 5.19. The summed E-state index contributed by atoms with van der Waals surface area (Å²) in [6, 6.07) is 4.96. The van der Waals surface area contributed by atoms with Gasteiger partial charge in [-0.1, -0.05) is 6.92 Å². The number of fused-ring (bicyclic) bond motifs is 1. The minimum absolute atomic E-state index is 0.531. The second-order valence-corrected chi connectivity index (χ2v) is 5.19. The first-order valence-corrected chi connectivity index (χ1v) is 7.21. The first-order chi connectivity index (χ1) is 9.33. The van der Waals surface area contributed by atoms with Crippen LogP contribution in [-0.2, 0) is 19.6 Å². The number of nitrogens with zero attached hydrogens (tertiary/aromatic N) is 4. The summed E-state index contributed by atoms with van der Waals surface area (Å²) in [4.78, 5) is 6.86. The van der Waals surface area contributed by atoms with Gasteiger partial charge in [-0.2, -0.15) is 0 Å². The monoisotopic (exact) mass is 258 g/mol. The Labute approximate surface area is 114 Å². The van der Waals surface area contributed by atoms with Crippen LogP contribution in [0, 0.1) is 0 Å². The van der Waals surface area contributed by atoms with Crippen LogP contribution in [0.5, 0.6) is 0 Å². The molecular formula is C15H22N4. The van der Waals surface area contributed by atoms with E-state index in [9.17, 15) is 0 Å². The summed E-state index contributed by atoms with van der Waals surface area (Å²) in [6.45, 7) is 8.66. The fraction of sp³-hybridized carbons (Fsp3) is 0.533. The predicted octanol–water partition coefficient (Wildman–Crippen LogP) is 2.67. The third-order valence-corrected chi connectivity index (χ3v) is 4.17. The number of aryl methyl sites for hydroxylation is 1. The molecular weight excluding hydrogens is 236 g/mol. The van der Waals surface area contributed by atoms with Crippen molar-refractivity contribution in [1.29, 1.82) is 0 Å². The lowest BCUT2D eigenvalue weighted by molar-refractivity contribution is 0.140. The highest BCUT2D eigenvalue weighted by atomic mass is 15.2. The maximum Gasteiger partial charge on any atom is 0.0948 e. The molecule has 102 valence electrons. The molecule has 0 amide bonds. The standard InChI is InChI=1S/C15H22N4/c1-3-14-15-6-5-7-18(15)8-9-19(14)11-13-10-16-12-17(13)4-2/h5-7,10,12,14H,3-4,8-9,11H2,1-2H3/t14-/m0/s1. The highest BCUT2D eigenvalue weighted by Crippen LogP contribution is 2.29. The van der Waals surface area contributed by atoms with E-state index in [2.05, 4.69) is 51.2 Å². The van der Waals surface area contributed by atoms with Crippen molar-refractivity contribution in [1.82, 2.24) is 19.0 Å². The van der Waals surface area contributed by atoms with Gasteiger partial charge in [0.1, 0.15) is 0 Å². The van der Waals surface area contributed by atoms with Crippen LogP contribution in [0.1, 0.15) is 37.7 Å². The van der Waals surface area contributed by atoms with Gasteiger partial charge in [0.25, 0.3) is 0 Å². The highest BCUT2D eigenvalue weighted by molar-refractivity contribution is 5.15. The van der Waals surface area contributed by atoms with E-state index < -0.39 is 0 Å². The van der Waals surface area contributed by atoms with Crippen molar-refractivity contribution in [3.63, 3.8) is 0 Å². The molecule has 0 unspecified atom stereocenters. The van der Waals surface area contributed by atoms with Crippen LogP contribution in [0.2, 0.25) is 0 Å². The zero-order valence-electron chi connectivity index (χ0n) is 11.8. The zero-order chi connectivity index (χ0) is 13.2. The molecule has 2 aromatic heterocycles. The number of imidazole rings is 1. The summed E-state index contributed by atoms with van der Waals surface area (Å²) < 4.78 is 4.63. The molecule has 1 atom stereocenters. The van der Waals surface area contributed by atoms with Crippen molar-refractivity contribution < 1.29 is 0 Å². The van der Waals surface area contributed by atoms with Crippen molar-refractivity contribution in [3.8, 4) is 0 Å². The van der Waals surface area contributed by atoms with Gasteiger partial charge in [-0.05, 0) is 25.5 Å². The smallest absolute Gasteiger partial charge is 0.0948 e. The van der Waals surface area contributed by atoms with Crippen LogP contribution >= 0.6 is 0 Å². The molecule has 19 heavy (non-hydrogen) atoms. The summed E-state index contributed by atoms with van der Waals surface area (Å²) in [5, 5.41) is 0. The van der Waals surface area contributed by atoms with Gasteiger partial charge in [0, 0.05) is 44.3 Å². The van der Waals surface area contributed by atoms with Crippen molar-refractivity contribution in [3.05, 3.63) is 42.2 Å². The third kappa shape index (κ3) is 2.21. The highest BCUT2D eigenvalue weighted by Gasteiger charge is 2.26. The quantitative estimate of drug-likeness (QED) is 0.842. The normalized spacial score (nSPS) is 19.6. The first kappa shape index (κ1) is 12.5. The summed E-state index contributed by atoms with van der Waals surface area (Å²) in [5.74, 6) is 0. The summed E-state index contributed by atoms with van der Waals surface area (Å²) in [5.41, 5.74) is 2.78. The average Bonchev–Trinajstić information content (AvgIpc) is 3.06. The lowest BCUT2D eigenvalue weighted by atomic mass is 10.1. The van der Waals surface area contributed by atoms with E-state index in [1.807, 2.05) is 12.5 Å². The molecule has 0 saturated carbocycles. The molecule has 0 aliphatic carbocycles. The fourth-order valence-electron chi connectivity index (χ4n) is 3.14. The molecule has 1 aliphatic rings. The zero-order valence-corrected chi connectivity index (χ0v) is 11.8. The molecule has 3 rings (SSSR count). The molecule has 0 bridgehead atoms. The summed E-state index contributed by atoms with van der Waals surface area (Å²) in [7, 11) is 0. The maximum atomic E-state index is 4.27. The van der Waals surface area contributed by atoms with Crippen LogP contribution in [0.25, 0.3) is 0 Å². The molecule has 0 aromatic carbocycles. The van der Waals surface area contributed by atoms with Crippen molar-refractivity contribution in [2.24, 2.45) is 0 Å². The minimum atomic E-state index is 0.531. The maximum absolute atomic E-state index is 4.27. The summed E-state index contributed by atoms with van der Waals surface area (Å²) in [6.07, 6.45) is 7.29. The first-order valence-electron chi connectivity index (χ1n) is 7.21. The lowest BCUT2D eigenvalue weighted by Gasteiger charge is -2.36. The van der Waals surface area contributed by atoms with Gasteiger partial charge in [0.2, 0.25) is 0 Å². The van der Waals surface area contributed by atoms with Crippen LogP contribution in [-0.4, -0.2) is 25.6 Å². The molecule has 4 heteroatoms. The number of hydrogen-bond donors (Lipinski definition) is 0. The van der Waals surface area contributed by atoms with Gasteiger partial charge >= 0.3 is 0 Å². The van der Waals surface area contributed by atoms with Crippen molar-refractivity contribution in [2.75, 3.05) is 6.54 Å². The van der Waals surface area contributed by atoms with E-state index in [1.54, 1.807) is 0 Å². The van der Waals surface area contributed by atoms with Crippen molar-refractivity contribution in [2.45, 2.75) is 45.9 Å². The lowest BCUT2D eigenvalue weighted by Crippen LogP contribution is -2.37. The molecule has 4 nitrogen and oxygen atoms in total. The Kier molecular flexibility index (Phi) is 3.42. The van der Waals surface area contributed by atoms with Gasteiger partial charge < -0.3 is 9.13 Å². The third-order valence-electron chi connectivity index (χ3n) is 4.17. The van der Waals surface area contributed by atoms with E-state index in [4.69, 9.17) is 0 Å². The van der Waals surface area contributed by atoms with Gasteiger partial charge in [0.15, 0.2) is 0 Å². The molecule has 2 aromatic rings. The van der Waals surface area contributed by atoms with E-state index in [1.165, 1.54) is 11.4 Å². The largest absolute Gasteiger partial charge is 0.349 e. The number of rotatable bonds is 4. The van der Waals surface area contributed by atoms with Gasteiger partial charge in [0.05, 0.1) is 18.1 Å². The Morgan fingerprint density at radius 3 is 3.00 bits per heavy atom. The Morgan fingerprint density at radius 1 is 1.32 bits per heavy atom. The molecule has 0 saturated heterocycles. The number of hydrogen-bond acceptors (Lipinski definition) is 2. The molecule has 0 radical (unpaired) electrons. The summed E-state index contributed by atoms with van der Waals surface area (Å²) >= 11 is 0. The van der Waals surface area contributed by atoms with Crippen LogP contribution in [0.15, 0.2) is 30.9 Å². The average molecular weight is 258 g/mol. The topological polar surface area (TPSA) is 26.0 Å². The van der Waals surface area contributed by atoms with E-state index in [-0.39, 0.29) is 0 Å². The van der Waals surface area contributed by atoms with E-state index >= 15 is 0 Å². The molecule has 1 aliphatic heterocycles. The molecule has 0 spiro atoms. The van der Waals surface area contributed by atoms with Crippen LogP contribution < -0.4 is 0 Å². The van der Waals surface area contributed by atoms with E-state index in [0.29, 0.717) is 6.04 Å². The Morgan fingerprint density at radius 2 is 2.21 bits per heavy atom. The van der Waals surface area contributed by atoms with E-state index in [0.717, 1.165) is 32.6 Å². The Hall–Kier alpha value is -1.55. The second kappa shape index (κ2) is 5.21. The van der Waals surface area contributed by atoms with Gasteiger partial charge in [-0.3, -0.25) is 4.90 Å². The number of aromatic nitrogens is 3. The Balaban J connectivity index is 1.82. The minimum Gasteiger partial charge on any atom is -0.349 e. The SMILES string of the molecule is CC[C@H]1c2cccn2CCN1Cc1cncn1CC. The predicted molar refractivity (Wildman–Crippen MR) is 75.8 cm³/mol. The van der Waals surface area contributed by atoms with Crippen molar-refractivity contribution >= 4 is 0 Å². The molecule has 0 fully saturated rings. The van der Waals surface area contributed by atoms with Gasteiger partial charge in [-0.15, -0.1) is 0 Å². The van der Waals surface area contributed by atoms with Gasteiger partial charge in [-0.25, -0.2) is 4.98 Å². The fourth-order valence-corrected chi connectivity index (χ4v) is 3.14. The molecule has 3 heterocycles.